The average molecular weight is 268 g/mol. The number of amides is 1. The van der Waals surface area contributed by atoms with Gasteiger partial charge in [-0.2, -0.15) is 0 Å². The van der Waals surface area contributed by atoms with Gasteiger partial charge in [-0.1, -0.05) is 11.6 Å². The molecule has 0 bridgehead atoms. The van der Waals surface area contributed by atoms with Crippen molar-refractivity contribution in [1.29, 1.82) is 0 Å². The lowest BCUT2D eigenvalue weighted by atomic mass is 10.1. The maximum Gasteiger partial charge on any atom is 0.253 e. The molecule has 18 heavy (non-hydrogen) atoms. The highest BCUT2D eigenvalue weighted by atomic mass is 32.2. The van der Waals surface area contributed by atoms with E-state index in [-0.39, 0.29) is 23.5 Å². The lowest BCUT2D eigenvalue weighted by Gasteiger charge is -2.12. The molecular weight excluding hydrogens is 252 g/mol. The van der Waals surface area contributed by atoms with E-state index in [2.05, 4.69) is 5.32 Å². The lowest BCUT2D eigenvalue weighted by molar-refractivity contribution is 0.0942. The Morgan fingerprint density at radius 1 is 1.44 bits per heavy atom. The van der Waals surface area contributed by atoms with Crippen LogP contribution >= 0.6 is 0 Å². The van der Waals surface area contributed by atoms with E-state index in [0.717, 1.165) is 5.56 Å². The molecule has 0 aliphatic carbocycles. The summed E-state index contributed by atoms with van der Waals surface area (Å²) in [5.74, 6) is -0.149. The molecule has 1 aromatic carbocycles. The largest absolute Gasteiger partial charge is 0.398 e. The molecule has 1 heterocycles. The molecule has 1 atom stereocenters. The van der Waals surface area contributed by atoms with Crippen molar-refractivity contribution in [2.24, 2.45) is 0 Å². The van der Waals surface area contributed by atoms with Gasteiger partial charge in [0.25, 0.3) is 5.91 Å². The number of carbonyl (C=O) groups excluding carboxylic acids is 1. The van der Waals surface area contributed by atoms with E-state index in [9.17, 15) is 13.2 Å². The van der Waals surface area contributed by atoms with E-state index < -0.39 is 9.84 Å². The second-order valence-corrected chi connectivity index (χ2v) is 6.89. The van der Waals surface area contributed by atoms with Gasteiger partial charge in [-0.15, -0.1) is 0 Å². The average Bonchev–Trinajstić information content (AvgIpc) is 2.61. The van der Waals surface area contributed by atoms with Gasteiger partial charge in [0.15, 0.2) is 9.84 Å². The van der Waals surface area contributed by atoms with Crippen LogP contribution in [0.2, 0.25) is 0 Å². The summed E-state index contributed by atoms with van der Waals surface area (Å²) in [5.41, 5.74) is 7.48. The van der Waals surface area contributed by atoms with Crippen molar-refractivity contribution in [3.8, 4) is 0 Å². The molecule has 1 saturated heterocycles. The van der Waals surface area contributed by atoms with Crippen molar-refractivity contribution in [3.63, 3.8) is 0 Å². The Bertz CT molecular complexity index is 581. The van der Waals surface area contributed by atoms with Crippen LogP contribution in [-0.4, -0.2) is 31.9 Å². The van der Waals surface area contributed by atoms with Gasteiger partial charge in [0.2, 0.25) is 0 Å². The first-order chi connectivity index (χ1) is 8.37. The second kappa shape index (κ2) is 4.61. The Balaban J connectivity index is 2.11. The Labute approximate surface area is 106 Å². The van der Waals surface area contributed by atoms with Crippen LogP contribution in [0, 0.1) is 6.92 Å². The zero-order valence-corrected chi connectivity index (χ0v) is 11.0. The van der Waals surface area contributed by atoms with E-state index in [1.165, 1.54) is 0 Å². The van der Waals surface area contributed by atoms with Crippen molar-refractivity contribution in [2.45, 2.75) is 19.4 Å². The molecule has 1 amide bonds. The lowest BCUT2D eigenvalue weighted by Crippen LogP contribution is -2.36. The Morgan fingerprint density at radius 2 is 2.17 bits per heavy atom. The van der Waals surface area contributed by atoms with Crippen molar-refractivity contribution >= 4 is 21.4 Å². The summed E-state index contributed by atoms with van der Waals surface area (Å²) in [6.07, 6.45) is 0.472. The maximum absolute atomic E-state index is 12.0. The fourth-order valence-electron chi connectivity index (χ4n) is 2.04. The summed E-state index contributed by atoms with van der Waals surface area (Å²) in [4.78, 5) is 12.0. The number of aryl methyl sites for hydroxylation is 1. The zero-order valence-electron chi connectivity index (χ0n) is 10.1. The molecule has 0 radical (unpaired) electrons. The van der Waals surface area contributed by atoms with Crippen LogP contribution in [0.3, 0.4) is 0 Å². The van der Waals surface area contributed by atoms with Crippen LogP contribution in [0.1, 0.15) is 22.3 Å². The van der Waals surface area contributed by atoms with Gasteiger partial charge < -0.3 is 11.1 Å². The highest BCUT2D eigenvalue weighted by Crippen LogP contribution is 2.16. The minimum atomic E-state index is -2.99. The second-order valence-electron chi connectivity index (χ2n) is 4.66. The zero-order chi connectivity index (χ0) is 13.3. The molecule has 3 N–H and O–H groups in total. The summed E-state index contributed by atoms with van der Waals surface area (Å²) in [6.45, 7) is 1.87. The molecule has 1 aromatic rings. The van der Waals surface area contributed by atoms with Crippen LogP contribution in [0.4, 0.5) is 5.69 Å². The highest BCUT2D eigenvalue weighted by molar-refractivity contribution is 7.91. The first-order valence-corrected chi connectivity index (χ1v) is 7.57. The molecule has 1 aliphatic rings. The molecule has 5 nitrogen and oxygen atoms in total. The Morgan fingerprint density at radius 3 is 2.78 bits per heavy atom. The van der Waals surface area contributed by atoms with Crippen LogP contribution in [0.25, 0.3) is 0 Å². The number of nitrogens with two attached hydrogens (primary N) is 1. The number of hydrogen-bond acceptors (Lipinski definition) is 4. The fraction of sp³-hybridized carbons (Fsp3) is 0.417. The van der Waals surface area contributed by atoms with Gasteiger partial charge in [0.1, 0.15) is 0 Å². The number of benzene rings is 1. The van der Waals surface area contributed by atoms with Crippen LogP contribution in [-0.2, 0) is 9.84 Å². The standard InChI is InChI=1S/C12H16N2O3S/c1-8-2-3-11(13)10(6-8)12(15)14-9-4-5-18(16,17)7-9/h2-3,6,9H,4-5,7,13H2,1H3,(H,14,15). The number of carbonyl (C=O) groups is 1. The van der Waals surface area contributed by atoms with Crippen LogP contribution < -0.4 is 11.1 Å². The van der Waals surface area contributed by atoms with Gasteiger partial charge in [-0.25, -0.2) is 8.42 Å². The fourth-order valence-corrected chi connectivity index (χ4v) is 3.71. The third kappa shape index (κ3) is 2.81. The van der Waals surface area contributed by atoms with E-state index in [4.69, 9.17) is 5.73 Å². The van der Waals surface area contributed by atoms with E-state index >= 15 is 0 Å². The molecule has 2 rings (SSSR count). The first kappa shape index (κ1) is 12.9. The molecule has 98 valence electrons. The predicted molar refractivity (Wildman–Crippen MR) is 70.1 cm³/mol. The van der Waals surface area contributed by atoms with Crippen molar-refractivity contribution in [3.05, 3.63) is 29.3 Å². The van der Waals surface area contributed by atoms with E-state index in [0.29, 0.717) is 17.7 Å². The molecule has 1 fully saturated rings. The van der Waals surface area contributed by atoms with Gasteiger partial charge in [0.05, 0.1) is 17.1 Å². The Kier molecular flexibility index (Phi) is 3.30. The van der Waals surface area contributed by atoms with Crippen molar-refractivity contribution < 1.29 is 13.2 Å². The number of rotatable bonds is 2. The van der Waals surface area contributed by atoms with E-state index in [1.807, 2.05) is 13.0 Å². The summed E-state index contributed by atoms with van der Waals surface area (Å²) >= 11 is 0. The van der Waals surface area contributed by atoms with Gasteiger partial charge >= 0.3 is 0 Å². The predicted octanol–water partition coefficient (Wildman–Crippen LogP) is 0.494. The molecule has 6 heteroatoms. The number of anilines is 1. The monoisotopic (exact) mass is 268 g/mol. The van der Waals surface area contributed by atoms with Crippen LogP contribution in [0.5, 0.6) is 0 Å². The number of sulfone groups is 1. The number of nitrogen functional groups attached to an aromatic ring is 1. The topological polar surface area (TPSA) is 89.3 Å². The van der Waals surface area contributed by atoms with E-state index in [1.54, 1.807) is 12.1 Å². The summed E-state index contributed by atoms with van der Waals surface area (Å²) < 4.78 is 22.6. The smallest absolute Gasteiger partial charge is 0.253 e. The van der Waals surface area contributed by atoms with Gasteiger partial charge in [-0.3, -0.25) is 4.79 Å². The third-order valence-electron chi connectivity index (χ3n) is 3.02. The molecule has 0 spiro atoms. The summed E-state index contributed by atoms with van der Waals surface area (Å²) in [5, 5.41) is 2.72. The third-order valence-corrected chi connectivity index (χ3v) is 4.79. The van der Waals surface area contributed by atoms with Gasteiger partial charge in [-0.05, 0) is 25.5 Å². The molecule has 0 aromatic heterocycles. The Hall–Kier alpha value is -1.56. The number of nitrogens with one attached hydrogen (secondary N) is 1. The minimum absolute atomic E-state index is 0.0183. The highest BCUT2D eigenvalue weighted by Gasteiger charge is 2.29. The number of hydrogen-bond donors (Lipinski definition) is 2. The van der Waals surface area contributed by atoms with Crippen molar-refractivity contribution in [1.82, 2.24) is 5.32 Å². The normalized spacial score (nSPS) is 21.7. The SMILES string of the molecule is Cc1ccc(N)c(C(=O)NC2CCS(=O)(=O)C2)c1. The molecule has 1 unspecified atom stereocenters. The first-order valence-electron chi connectivity index (χ1n) is 5.75. The quantitative estimate of drug-likeness (QED) is 0.764. The van der Waals surface area contributed by atoms with Gasteiger partial charge in [0, 0.05) is 11.7 Å². The summed E-state index contributed by atoms with van der Waals surface area (Å²) in [7, 11) is -2.99. The molecule has 1 aliphatic heterocycles. The minimum Gasteiger partial charge on any atom is -0.398 e. The molecule has 0 saturated carbocycles. The maximum atomic E-state index is 12.0. The molecular formula is C12H16N2O3S. The summed E-state index contributed by atoms with van der Waals surface area (Å²) in [6, 6.07) is 4.90. The van der Waals surface area contributed by atoms with Crippen LogP contribution in [0.15, 0.2) is 18.2 Å². The van der Waals surface area contributed by atoms with Crippen molar-refractivity contribution in [2.75, 3.05) is 17.2 Å².